The average molecular weight is 356 g/mol. The molecule has 0 aliphatic heterocycles. The monoisotopic (exact) mass is 355 g/mol. The van der Waals surface area contributed by atoms with Gasteiger partial charge in [-0.2, -0.15) is 5.26 Å². The molecule has 3 N–H and O–H groups in total. The number of halogens is 1. The number of carbonyl (C=O) groups excluding carboxylic acids is 1. The molecule has 0 aliphatic rings. The van der Waals surface area contributed by atoms with E-state index in [1.165, 1.54) is 18.3 Å². The number of nitriles is 1. The summed E-state index contributed by atoms with van der Waals surface area (Å²) in [6.45, 7) is 0.266. The van der Waals surface area contributed by atoms with Crippen molar-refractivity contribution in [1.82, 2.24) is 5.32 Å². The van der Waals surface area contributed by atoms with Gasteiger partial charge in [0.25, 0.3) is 5.91 Å². The van der Waals surface area contributed by atoms with Crippen LogP contribution in [0.1, 0.15) is 15.9 Å². The lowest BCUT2D eigenvalue weighted by Crippen LogP contribution is -2.24. The fourth-order valence-corrected chi connectivity index (χ4v) is 2.02. The molecule has 6 nitrogen and oxygen atoms in total. The molecule has 1 amide bonds. The fraction of sp³-hybridized carbons (Fsp3) is 0.0556. The molecular formula is C18H14ClN3O3. The van der Waals surface area contributed by atoms with Gasteiger partial charge < -0.3 is 15.7 Å². The van der Waals surface area contributed by atoms with Crippen molar-refractivity contribution in [2.24, 2.45) is 0 Å². The number of amides is 1. The Morgan fingerprint density at radius 2 is 1.76 bits per heavy atom. The van der Waals surface area contributed by atoms with Gasteiger partial charge in [-0.25, -0.2) is 4.79 Å². The highest BCUT2D eigenvalue weighted by atomic mass is 35.5. The van der Waals surface area contributed by atoms with Crippen LogP contribution >= 0.6 is 11.6 Å². The predicted octanol–water partition coefficient (Wildman–Crippen LogP) is 3.17. The number of carboxylic acid groups (broad SMARTS) is 1. The number of nitrogens with zero attached hydrogens (tertiary/aromatic N) is 1. The van der Waals surface area contributed by atoms with E-state index < -0.39 is 11.9 Å². The van der Waals surface area contributed by atoms with Crippen molar-refractivity contribution in [2.45, 2.75) is 6.54 Å². The van der Waals surface area contributed by atoms with Crippen LogP contribution in [-0.4, -0.2) is 17.0 Å². The van der Waals surface area contributed by atoms with Gasteiger partial charge in [0.15, 0.2) is 0 Å². The van der Waals surface area contributed by atoms with Gasteiger partial charge in [-0.3, -0.25) is 4.79 Å². The van der Waals surface area contributed by atoms with Crippen LogP contribution < -0.4 is 10.6 Å². The Hall–Kier alpha value is -3.30. The third kappa shape index (κ3) is 5.37. The molecule has 7 heteroatoms. The molecule has 2 rings (SSSR count). The van der Waals surface area contributed by atoms with E-state index >= 15 is 0 Å². The van der Waals surface area contributed by atoms with Crippen molar-refractivity contribution in [3.63, 3.8) is 0 Å². The molecule has 0 saturated heterocycles. The van der Waals surface area contributed by atoms with Crippen LogP contribution in [0.3, 0.4) is 0 Å². The number of hydrogen-bond acceptors (Lipinski definition) is 4. The first-order valence-electron chi connectivity index (χ1n) is 7.22. The van der Waals surface area contributed by atoms with E-state index in [0.29, 0.717) is 10.7 Å². The van der Waals surface area contributed by atoms with Crippen molar-refractivity contribution in [3.05, 3.63) is 76.5 Å². The van der Waals surface area contributed by atoms with E-state index in [1.54, 1.807) is 36.4 Å². The molecule has 25 heavy (non-hydrogen) atoms. The summed E-state index contributed by atoms with van der Waals surface area (Å²) in [6, 6.07) is 14.7. The maximum Gasteiger partial charge on any atom is 0.335 e. The molecule has 2 aromatic rings. The van der Waals surface area contributed by atoms with Crippen molar-refractivity contribution in [1.29, 1.82) is 5.26 Å². The Morgan fingerprint density at radius 3 is 2.32 bits per heavy atom. The topological polar surface area (TPSA) is 102 Å². The number of rotatable bonds is 6. The van der Waals surface area contributed by atoms with Gasteiger partial charge in [0.2, 0.25) is 0 Å². The molecule has 0 unspecified atom stereocenters. The van der Waals surface area contributed by atoms with E-state index in [4.69, 9.17) is 22.0 Å². The highest BCUT2D eigenvalue weighted by molar-refractivity contribution is 6.30. The first-order chi connectivity index (χ1) is 12.0. The number of anilines is 1. The molecule has 0 spiro atoms. The minimum absolute atomic E-state index is 0.101. The maximum atomic E-state index is 12.0. The third-order valence-electron chi connectivity index (χ3n) is 3.25. The smallest absolute Gasteiger partial charge is 0.335 e. The summed E-state index contributed by atoms with van der Waals surface area (Å²) in [5.74, 6) is -1.55. The van der Waals surface area contributed by atoms with Gasteiger partial charge in [-0.05, 0) is 42.0 Å². The minimum atomic E-state index is -1.03. The maximum absolute atomic E-state index is 12.0. The first kappa shape index (κ1) is 18.0. The van der Waals surface area contributed by atoms with Gasteiger partial charge in [0.1, 0.15) is 11.6 Å². The van der Waals surface area contributed by atoms with E-state index in [2.05, 4.69) is 10.6 Å². The highest BCUT2D eigenvalue weighted by Gasteiger charge is 2.08. The van der Waals surface area contributed by atoms with Crippen molar-refractivity contribution in [3.8, 4) is 6.07 Å². The first-order valence-corrected chi connectivity index (χ1v) is 7.60. The van der Waals surface area contributed by atoms with Crippen molar-refractivity contribution >= 4 is 29.2 Å². The zero-order valence-corrected chi connectivity index (χ0v) is 13.7. The van der Waals surface area contributed by atoms with Gasteiger partial charge in [-0.1, -0.05) is 23.7 Å². The Bertz CT molecular complexity index is 837. The summed E-state index contributed by atoms with van der Waals surface area (Å²) in [7, 11) is 0. The quantitative estimate of drug-likeness (QED) is 0.545. The number of nitrogens with one attached hydrogen (secondary N) is 2. The summed E-state index contributed by atoms with van der Waals surface area (Å²) in [5.41, 5.74) is 1.46. The van der Waals surface area contributed by atoms with E-state index in [-0.39, 0.29) is 17.7 Å². The van der Waals surface area contributed by atoms with Crippen molar-refractivity contribution in [2.75, 3.05) is 5.32 Å². The summed E-state index contributed by atoms with van der Waals surface area (Å²) in [4.78, 5) is 22.8. The fourth-order valence-electron chi connectivity index (χ4n) is 1.89. The summed E-state index contributed by atoms with van der Waals surface area (Å²) in [6.07, 6.45) is 1.27. The Kier molecular flexibility index (Phi) is 6.15. The molecule has 0 bridgehead atoms. The number of benzene rings is 2. The Morgan fingerprint density at radius 1 is 1.12 bits per heavy atom. The molecule has 0 radical (unpaired) electrons. The second-order valence-corrected chi connectivity index (χ2v) is 5.44. The number of aromatic carboxylic acids is 1. The predicted molar refractivity (Wildman–Crippen MR) is 94.0 cm³/mol. The molecule has 0 saturated carbocycles. The summed E-state index contributed by atoms with van der Waals surface area (Å²) >= 11 is 5.79. The van der Waals surface area contributed by atoms with Crippen LogP contribution in [0.2, 0.25) is 5.02 Å². The Balaban J connectivity index is 1.96. The lowest BCUT2D eigenvalue weighted by Gasteiger charge is -2.06. The van der Waals surface area contributed by atoms with E-state index in [9.17, 15) is 9.59 Å². The number of hydrogen-bond donors (Lipinski definition) is 3. The van der Waals surface area contributed by atoms with Crippen LogP contribution in [0.15, 0.2) is 60.3 Å². The molecule has 0 atom stereocenters. The minimum Gasteiger partial charge on any atom is -0.478 e. The lowest BCUT2D eigenvalue weighted by molar-refractivity contribution is -0.117. The van der Waals surface area contributed by atoms with Crippen LogP contribution in [0.25, 0.3) is 0 Å². The summed E-state index contributed by atoms with van der Waals surface area (Å²) in [5, 5.41) is 24.0. The number of carbonyl (C=O) groups is 2. The Labute approximate surface area is 149 Å². The molecular weight excluding hydrogens is 342 g/mol. The lowest BCUT2D eigenvalue weighted by atomic mass is 10.2. The van der Waals surface area contributed by atoms with Crippen LogP contribution in [-0.2, 0) is 11.3 Å². The molecule has 0 aliphatic carbocycles. The highest BCUT2D eigenvalue weighted by Crippen LogP contribution is 2.11. The normalized spacial score (nSPS) is 10.6. The SMILES string of the molecule is N#C/C(=C/Nc1ccc(C(=O)O)cc1)C(=O)NCc1ccc(Cl)cc1. The zero-order valence-electron chi connectivity index (χ0n) is 13.0. The molecule has 126 valence electrons. The van der Waals surface area contributed by atoms with Gasteiger partial charge in [0, 0.05) is 23.5 Å². The number of carboxylic acids is 1. The third-order valence-corrected chi connectivity index (χ3v) is 3.50. The van der Waals surface area contributed by atoms with Crippen LogP contribution in [0.5, 0.6) is 0 Å². The van der Waals surface area contributed by atoms with Gasteiger partial charge in [-0.15, -0.1) is 0 Å². The van der Waals surface area contributed by atoms with E-state index in [1.807, 2.05) is 6.07 Å². The van der Waals surface area contributed by atoms with Crippen molar-refractivity contribution < 1.29 is 14.7 Å². The van der Waals surface area contributed by atoms with Crippen LogP contribution in [0, 0.1) is 11.3 Å². The second-order valence-electron chi connectivity index (χ2n) is 5.01. The molecule has 2 aromatic carbocycles. The van der Waals surface area contributed by atoms with Crippen LogP contribution in [0.4, 0.5) is 5.69 Å². The second kappa shape index (κ2) is 8.52. The zero-order chi connectivity index (χ0) is 18.2. The van der Waals surface area contributed by atoms with Gasteiger partial charge in [0.05, 0.1) is 5.56 Å². The van der Waals surface area contributed by atoms with Gasteiger partial charge >= 0.3 is 5.97 Å². The summed E-state index contributed by atoms with van der Waals surface area (Å²) < 4.78 is 0. The van der Waals surface area contributed by atoms with E-state index in [0.717, 1.165) is 5.56 Å². The molecule has 0 heterocycles. The molecule has 0 aromatic heterocycles. The average Bonchev–Trinajstić information content (AvgIpc) is 2.62. The largest absolute Gasteiger partial charge is 0.478 e. The molecule has 0 fully saturated rings. The standard InChI is InChI=1S/C18H14ClN3O3/c19-15-5-1-12(2-6-15)10-22-17(23)14(9-20)11-21-16-7-3-13(4-8-16)18(24)25/h1-8,11,21H,10H2,(H,22,23)(H,24,25)/b14-11-.